The second kappa shape index (κ2) is 9.17. The quantitative estimate of drug-likeness (QED) is 0.482. The van der Waals surface area contributed by atoms with E-state index in [4.69, 9.17) is 10.2 Å². The molecule has 5 heteroatoms. The van der Waals surface area contributed by atoms with Crippen molar-refractivity contribution in [1.82, 2.24) is 0 Å². The maximum absolute atomic E-state index is 11.2. The molecule has 0 spiro atoms. The van der Waals surface area contributed by atoms with Crippen LogP contribution in [0.1, 0.15) is 31.8 Å². The van der Waals surface area contributed by atoms with Crippen molar-refractivity contribution in [2.75, 3.05) is 0 Å². The smallest absolute Gasteiger partial charge is 0.335 e. The Kier molecular flexibility index (Phi) is 7.26. The van der Waals surface area contributed by atoms with E-state index in [-0.39, 0.29) is 10.8 Å². The predicted molar refractivity (Wildman–Crippen MR) is 98.8 cm³/mol. The molecular weight excluding hydrogens is 324 g/mol. The normalized spacial score (nSPS) is 9.17. The molecule has 24 heavy (non-hydrogen) atoms. The van der Waals surface area contributed by atoms with Crippen LogP contribution in [0.3, 0.4) is 0 Å². The molecule has 0 unspecified atom stereocenters. The number of carbonyl (C=O) groups excluding carboxylic acids is 1. The fourth-order valence-electron chi connectivity index (χ4n) is 1.76. The molecule has 0 saturated heterocycles. The number of benzene rings is 2. The summed E-state index contributed by atoms with van der Waals surface area (Å²) in [5.74, 6) is -1.15. The number of hydrogen-bond donors (Lipinski definition) is 2. The predicted octanol–water partition coefficient (Wildman–Crippen LogP) is 4.32. The van der Waals surface area contributed by atoms with Gasteiger partial charge in [-0.3, -0.25) is 4.79 Å². The van der Waals surface area contributed by atoms with E-state index >= 15 is 0 Å². The molecule has 0 fully saturated rings. The van der Waals surface area contributed by atoms with Gasteiger partial charge in [-0.1, -0.05) is 49.6 Å². The molecule has 0 bridgehead atoms. The number of carboxylic acids is 1. The Hall–Kier alpha value is -3.05. The van der Waals surface area contributed by atoms with Crippen LogP contribution in [-0.2, 0) is 0 Å². The Morgan fingerprint density at radius 1 is 0.917 bits per heavy atom. The Bertz CT molecular complexity index is 776. The molecule has 122 valence electrons. The van der Waals surface area contributed by atoms with Crippen LogP contribution >= 0.6 is 12.2 Å². The lowest BCUT2D eigenvalue weighted by Gasteiger charge is -2.02. The van der Waals surface area contributed by atoms with E-state index in [2.05, 4.69) is 25.4 Å². The summed E-state index contributed by atoms with van der Waals surface area (Å²) in [6.07, 6.45) is 2.86. The third kappa shape index (κ3) is 5.30. The van der Waals surface area contributed by atoms with E-state index < -0.39 is 5.97 Å². The topological polar surface area (TPSA) is 74.6 Å². The van der Waals surface area contributed by atoms with Crippen molar-refractivity contribution < 1.29 is 19.8 Å². The van der Waals surface area contributed by atoms with Crippen molar-refractivity contribution in [3.8, 4) is 0 Å². The van der Waals surface area contributed by atoms with Gasteiger partial charge in [0.1, 0.15) is 0 Å². The second-order valence-electron chi connectivity index (χ2n) is 4.55. The first kappa shape index (κ1) is 19.0. The number of aliphatic hydroxyl groups excluding tert-OH is 1. The van der Waals surface area contributed by atoms with Gasteiger partial charge in [0.05, 0.1) is 5.56 Å². The van der Waals surface area contributed by atoms with Gasteiger partial charge in [-0.25, -0.2) is 4.79 Å². The third-order valence-electron chi connectivity index (χ3n) is 3.00. The first-order valence-electron chi connectivity index (χ1n) is 6.85. The van der Waals surface area contributed by atoms with Gasteiger partial charge in [0.25, 0.3) is 0 Å². The van der Waals surface area contributed by atoms with E-state index in [1.807, 2.05) is 0 Å². The van der Waals surface area contributed by atoms with Crippen molar-refractivity contribution in [2.45, 2.75) is 0 Å². The van der Waals surface area contributed by atoms with Crippen LogP contribution in [0, 0.1) is 0 Å². The molecule has 2 aromatic carbocycles. The number of thiocarbonyl (C=S) groups is 1. The van der Waals surface area contributed by atoms with E-state index in [0.29, 0.717) is 16.7 Å². The summed E-state index contributed by atoms with van der Waals surface area (Å²) in [5.41, 5.74) is 1.98. The van der Waals surface area contributed by atoms with Crippen LogP contribution in [0.2, 0.25) is 0 Å². The molecule has 0 heterocycles. The Labute approximate surface area is 145 Å². The fraction of sp³-hybridized carbons (Fsp3) is 0. The monoisotopic (exact) mass is 340 g/mol. The molecule has 2 N–H and O–H groups in total. The maximum Gasteiger partial charge on any atom is 0.335 e. The van der Waals surface area contributed by atoms with Crippen molar-refractivity contribution in [2.24, 2.45) is 0 Å². The van der Waals surface area contributed by atoms with Crippen LogP contribution in [0.5, 0.6) is 0 Å². The molecule has 0 aliphatic rings. The maximum atomic E-state index is 11.2. The van der Waals surface area contributed by atoms with Crippen LogP contribution < -0.4 is 0 Å². The molecule has 2 aromatic rings. The molecular formula is C19H16O4S. The molecule has 0 atom stereocenters. The Morgan fingerprint density at radius 2 is 1.46 bits per heavy atom. The third-order valence-corrected chi connectivity index (χ3v) is 3.22. The zero-order valence-corrected chi connectivity index (χ0v) is 13.6. The van der Waals surface area contributed by atoms with Gasteiger partial charge in [0, 0.05) is 11.1 Å². The minimum Gasteiger partial charge on any atom is -0.499 e. The van der Waals surface area contributed by atoms with E-state index in [1.54, 1.807) is 54.6 Å². The van der Waals surface area contributed by atoms with Crippen LogP contribution in [0.25, 0.3) is 6.08 Å². The molecule has 2 rings (SSSR count). The van der Waals surface area contributed by atoms with Gasteiger partial charge in [-0.15, -0.1) is 0 Å². The van der Waals surface area contributed by atoms with Crippen molar-refractivity contribution in [1.29, 1.82) is 0 Å². The highest BCUT2D eigenvalue weighted by Gasteiger charge is 2.09. The highest BCUT2D eigenvalue weighted by Crippen LogP contribution is 2.10. The fourth-order valence-corrected chi connectivity index (χ4v) is 1.93. The van der Waals surface area contributed by atoms with Gasteiger partial charge in [0.2, 0.25) is 0 Å². The largest absolute Gasteiger partial charge is 0.499 e. The molecule has 0 radical (unpaired) electrons. The summed E-state index contributed by atoms with van der Waals surface area (Å²) in [5, 5.41) is 17.3. The van der Waals surface area contributed by atoms with Crippen molar-refractivity contribution in [3.05, 3.63) is 90.0 Å². The van der Waals surface area contributed by atoms with Gasteiger partial charge in [-0.05, 0) is 42.1 Å². The molecule has 0 amide bonds. The number of ketones is 1. The van der Waals surface area contributed by atoms with E-state index in [1.165, 1.54) is 6.08 Å². The number of rotatable bonds is 5. The highest BCUT2D eigenvalue weighted by atomic mass is 32.1. The lowest BCUT2D eigenvalue weighted by molar-refractivity contribution is 0.0696. The standard InChI is InChI=1S/C10H8O2S.C9H8O2/c1-2-9(11)7-5-3-4-6-8(7)10(12)13;1-2-7-3-5-8(6-4-7)9(10)11/h2-6H,1H2,(H,12,13);2-6H,1H2,(H,10,11). The highest BCUT2D eigenvalue weighted by molar-refractivity contribution is 7.80. The Morgan fingerprint density at radius 3 is 1.88 bits per heavy atom. The van der Waals surface area contributed by atoms with Crippen molar-refractivity contribution in [3.63, 3.8) is 0 Å². The second-order valence-corrected chi connectivity index (χ2v) is 4.94. The van der Waals surface area contributed by atoms with Crippen molar-refractivity contribution >= 4 is 35.1 Å². The average molecular weight is 340 g/mol. The number of allylic oxidation sites excluding steroid dienone is 1. The van der Waals surface area contributed by atoms with Crippen LogP contribution in [0.15, 0.2) is 67.8 Å². The van der Waals surface area contributed by atoms with Gasteiger partial charge in [0.15, 0.2) is 10.8 Å². The number of aromatic carboxylic acids is 1. The number of hydrogen-bond acceptors (Lipinski definition) is 3. The molecule has 0 aliphatic heterocycles. The average Bonchev–Trinajstić information content (AvgIpc) is 2.61. The summed E-state index contributed by atoms with van der Waals surface area (Å²) in [6, 6.07) is 13.2. The Balaban J connectivity index is 0.000000243. The lowest BCUT2D eigenvalue weighted by atomic mass is 10.0. The summed E-state index contributed by atoms with van der Waals surface area (Å²) in [4.78, 5) is 21.6. The lowest BCUT2D eigenvalue weighted by Crippen LogP contribution is -2.04. The molecule has 0 aromatic heterocycles. The van der Waals surface area contributed by atoms with Gasteiger partial charge >= 0.3 is 5.97 Å². The van der Waals surface area contributed by atoms with Gasteiger partial charge in [-0.2, -0.15) is 0 Å². The molecule has 4 nitrogen and oxygen atoms in total. The summed E-state index contributed by atoms with van der Waals surface area (Å²) < 4.78 is 0. The van der Waals surface area contributed by atoms with Crippen LogP contribution in [0.4, 0.5) is 0 Å². The zero-order valence-electron chi connectivity index (χ0n) is 12.8. The first-order valence-corrected chi connectivity index (χ1v) is 7.26. The SMILES string of the molecule is C=CC(=O)c1ccccc1C(O)=S.C=Cc1ccc(C(=O)O)cc1. The van der Waals surface area contributed by atoms with Gasteiger partial charge < -0.3 is 10.2 Å². The van der Waals surface area contributed by atoms with Crippen LogP contribution in [-0.4, -0.2) is 27.0 Å². The number of carbonyl (C=O) groups is 2. The minimum absolute atomic E-state index is 0.244. The number of carboxylic acid groups (broad SMARTS) is 1. The summed E-state index contributed by atoms with van der Waals surface area (Å²) in [7, 11) is 0. The summed E-state index contributed by atoms with van der Waals surface area (Å²) in [6.45, 7) is 6.92. The van der Waals surface area contributed by atoms with E-state index in [9.17, 15) is 9.59 Å². The number of aliphatic hydroxyl groups is 1. The summed E-state index contributed by atoms with van der Waals surface area (Å²) >= 11 is 4.59. The minimum atomic E-state index is -0.902. The molecule has 0 aliphatic carbocycles. The molecule has 0 saturated carbocycles. The first-order chi connectivity index (χ1) is 11.4. The van der Waals surface area contributed by atoms with E-state index in [0.717, 1.165) is 5.56 Å². The zero-order chi connectivity index (χ0) is 18.1.